The molecule has 0 aromatic rings. The molecule has 2 fully saturated rings. The van der Waals surface area contributed by atoms with Gasteiger partial charge in [-0.1, -0.05) is 0 Å². The van der Waals surface area contributed by atoms with Crippen molar-refractivity contribution < 1.29 is 4.79 Å². The molecule has 1 aliphatic carbocycles. The summed E-state index contributed by atoms with van der Waals surface area (Å²) in [6, 6.07) is 0. The number of hydrogen-bond donors (Lipinski definition) is 0. The topological polar surface area (TPSA) is 20.3 Å². The Kier molecular flexibility index (Phi) is 1.95. The van der Waals surface area contributed by atoms with Gasteiger partial charge in [0.25, 0.3) is 0 Å². The monoisotopic (exact) mass is 153 g/mol. The average Bonchev–Trinajstić information content (AvgIpc) is 2.78. The second kappa shape index (κ2) is 2.94. The van der Waals surface area contributed by atoms with E-state index in [1.165, 1.54) is 19.4 Å². The number of nitrogens with zero attached hydrogens (tertiary/aromatic N) is 1. The van der Waals surface area contributed by atoms with Crippen molar-refractivity contribution in [1.29, 1.82) is 0 Å². The number of carbonyl (C=O) groups is 1. The van der Waals surface area contributed by atoms with Crippen molar-refractivity contribution >= 4 is 5.78 Å². The molecule has 2 heteroatoms. The Bertz CT molecular complexity index is 153. The van der Waals surface area contributed by atoms with Crippen LogP contribution in [0, 0.1) is 5.92 Å². The molecule has 0 N–H and O–H groups in total. The summed E-state index contributed by atoms with van der Waals surface area (Å²) in [5.74, 6) is 1.43. The Morgan fingerprint density at radius 2 is 1.91 bits per heavy atom. The van der Waals surface area contributed by atoms with Gasteiger partial charge in [0, 0.05) is 32.5 Å². The van der Waals surface area contributed by atoms with Gasteiger partial charge in [-0.25, -0.2) is 0 Å². The van der Waals surface area contributed by atoms with Gasteiger partial charge in [-0.05, 0) is 18.8 Å². The number of carbonyl (C=O) groups excluding carboxylic acids is 1. The predicted molar refractivity (Wildman–Crippen MR) is 43.4 cm³/mol. The van der Waals surface area contributed by atoms with Crippen molar-refractivity contribution in [3.63, 3.8) is 0 Å². The van der Waals surface area contributed by atoms with E-state index in [0.717, 1.165) is 31.8 Å². The Morgan fingerprint density at radius 1 is 1.27 bits per heavy atom. The standard InChI is InChI=1S/C9H15NO/c11-9-3-5-10(6-4-9)7-8-1-2-8/h8H,1-7H2. The Balaban J connectivity index is 1.73. The highest BCUT2D eigenvalue weighted by Gasteiger charge is 2.25. The summed E-state index contributed by atoms with van der Waals surface area (Å²) < 4.78 is 0. The molecule has 1 heterocycles. The molecule has 1 saturated heterocycles. The normalized spacial score (nSPS) is 27.5. The van der Waals surface area contributed by atoms with Gasteiger partial charge in [0.1, 0.15) is 5.78 Å². The lowest BCUT2D eigenvalue weighted by atomic mass is 10.1. The maximum atomic E-state index is 10.9. The summed E-state index contributed by atoms with van der Waals surface area (Å²) >= 11 is 0. The van der Waals surface area contributed by atoms with Crippen molar-refractivity contribution in [2.24, 2.45) is 5.92 Å². The number of Topliss-reactive ketones (excluding diaryl/α,β-unsaturated/α-hetero) is 1. The number of likely N-dealkylation sites (tertiary alicyclic amines) is 1. The highest BCUT2D eigenvalue weighted by molar-refractivity contribution is 5.79. The molecule has 2 aliphatic rings. The molecule has 0 unspecified atom stereocenters. The molecule has 0 atom stereocenters. The van der Waals surface area contributed by atoms with Crippen LogP contribution in [0.25, 0.3) is 0 Å². The molecule has 62 valence electrons. The zero-order chi connectivity index (χ0) is 7.68. The maximum Gasteiger partial charge on any atom is 0.135 e. The van der Waals surface area contributed by atoms with Crippen molar-refractivity contribution in [2.75, 3.05) is 19.6 Å². The number of piperidine rings is 1. The van der Waals surface area contributed by atoms with Crippen molar-refractivity contribution in [3.05, 3.63) is 0 Å². The molecule has 0 aromatic carbocycles. The SMILES string of the molecule is O=C1CCN(CC2CC2)CC1. The van der Waals surface area contributed by atoms with Crippen LogP contribution in [0.5, 0.6) is 0 Å². The number of ketones is 1. The molecule has 11 heavy (non-hydrogen) atoms. The largest absolute Gasteiger partial charge is 0.302 e. The minimum absolute atomic E-state index is 0.456. The van der Waals surface area contributed by atoms with Crippen molar-refractivity contribution in [1.82, 2.24) is 4.90 Å². The smallest absolute Gasteiger partial charge is 0.135 e. The third-order valence-corrected chi connectivity index (χ3v) is 2.63. The molecule has 0 amide bonds. The summed E-state index contributed by atoms with van der Waals surface area (Å²) in [4.78, 5) is 13.3. The van der Waals surface area contributed by atoms with Crippen LogP contribution < -0.4 is 0 Å². The Morgan fingerprint density at radius 3 is 2.45 bits per heavy atom. The summed E-state index contributed by atoms with van der Waals surface area (Å²) in [5.41, 5.74) is 0. The van der Waals surface area contributed by atoms with Crippen LogP contribution in [0.3, 0.4) is 0 Å². The highest BCUT2D eigenvalue weighted by atomic mass is 16.1. The minimum atomic E-state index is 0.456. The van der Waals surface area contributed by atoms with Crippen molar-refractivity contribution in [3.8, 4) is 0 Å². The first-order valence-electron chi connectivity index (χ1n) is 4.58. The van der Waals surface area contributed by atoms with Crippen LogP contribution in [0.15, 0.2) is 0 Å². The van der Waals surface area contributed by atoms with Crippen LogP contribution in [0.1, 0.15) is 25.7 Å². The fourth-order valence-electron chi connectivity index (χ4n) is 1.65. The van der Waals surface area contributed by atoms with Gasteiger partial charge in [-0.15, -0.1) is 0 Å². The Hall–Kier alpha value is -0.370. The third-order valence-electron chi connectivity index (χ3n) is 2.63. The van der Waals surface area contributed by atoms with Gasteiger partial charge in [0.2, 0.25) is 0 Å². The molecule has 0 bridgehead atoms. The molecule has 0 spiro atoms. The van der Waals surface area contributed by atoms with Crippen molar-refractivity contribution in [2.45, 2.75) is 25.7 Å². The first kappa shape index (κ1) is 7.29. The molecule has 2 nitrogen and oxygen atoms in total. The summed E-state index contributed by atoms with van der Waals surface area (Å²) in [5, 5.41) is 0. The number of rotatable bonds is 2. The van der Waals surface area contributed by atoms with E-state index < -0.39 is 0 Å². The molecule has 1 aliphatic heterocycles. The molecule has 0 radical (unpaired) electrons. The second-order valence-corrected chi connectivity index (χ2v) is 3.78. The highest BCUT2D eigenvalue weighted by Crippen LogP contribution is 2.30. The summed E-state index contributed by atoms with van der Waals surface area (Å²) in [6.45, 7) is 3.30. The van der Waals surface area contributed by atoms with E-state index in [0.29, 0.717) is 5.78 Å². The van der Waals surface area contributed by atoms with E-state index in [-0.39, 0.29) is 0 Å². The van der Waals surface area contributed by atoms with Gasteiger partial charge in [-0.3, -0.25) is 4.79 Å². The first-order valence-corrected chi connectivity index (χ1v) is 4.58. The molecule has 1 saturated carbocycles. The Labute approximate surface area is 67.6 Å². The molecular formula is C9H15NO. The van der Waals surface area contributed by atoms with Gasteiger partial charge in [0.05, 0.1) is 0 Å². The van der Waals surface area contributed by atoms with E-state index in [9.17, 15) is 4.79 Å². The maximum absolute atomic E-state index is 10.9. The second-order valence-electron chi connectivity index (χ2n) is 3.78. The van der Waals surface area contributed by atoms with Gasteiger partial charge >= 0.3 is 0 Å². The molecule has 0 aromatic heterocycles. The summed E-state index contributed by atoms with van der Waals surface area (Å²) in [7, 11) is 0. The van der Waals surface area contributed by atoms with E-state index in [2.05, 4.69) is 4.90 Å². The molecule has 2 rings (SSSR count). The molecular weight excluding hydrogens is 138 g/mol. The van der Waals surface area contributed by atoms with E-state index in [1.54, 1.807) is 0 Å². The van der Waals surface area contributed by atoms with Gasteiger partial charge in [-0.2, -0.15) is 0 Å². The van der Waals surface area contributed by atoms with Crippen LogP contribution in [0.4, 0.5) is 0 Å². The van der Waals surface area contributed by atoms with Crippen LogP contribution in [-0.4, -0.2) is 30.3 Å². The zero-order valence-corrected chi connectivity index (χ0v) is 6.88. The first-order chi connectivity index (χ1) is 5.34. The van der Waals surface area contributed by atoms with E-state index in [4.69, 9.17) is 0 Å². The zero-order valence-electron chi connectivity index (χ0n) is 6.88. The summed E-state index contributed by atoms with van der Waals surface area (Å²) in [6.07, 6.45) is 4.44. The number of hydrogen-bond acceptors (Lipinski definition) is 2. The van der Waals surface area contributed by atoms with E-state index >= 15 is 0 Å². The van der Waals surface area contributed by atoms with Crippen LogP contribution in [-0.2, 0) is 4.79 Å². The fourth-order valence-corrected chi connectivity index (χ4v) is 1.65. The average molecular weight is 153 g/mol. The minimum Gasteiger partial charge on any atom is -0.302 e. The van der Waals surface area contributed by atoms with Crippen LogP contribution >= 0.6 is 0 Å². The predicted octanol–water partition coefficient (Wildman–Crippen LogP) is 1.06. The third kappa shape index (κ3) is 2.03. The van der Waals surface area contributed by atoms with E-state index in [1.807, 2.05) is 0 Å². The van der Waals surface area contributed by atoms with Gasteiger partial charge in [0.15, 0.2) is 0 Å². The lowest BCUT2D eigenvalue weighted by Gasteiger charge is -2.25. The van der Waals surface area contributed by atoms with Gasteiger partial charge < -0.3 is 4.90 Å². The lowest BCUT2D eigenvalue weighted by Crippen LogP contribution is -2.35. The van der Waals surface area contributed by atoms with Crippen LogP contribution in [0.2, 0.25) is 0 Å². The quantitative estimate of drug-likeness (QED) is 0.591. The lowest BCUT2D eigenvalue weighted by molar-refractivity contribution is -0.121. The fraction of sp³-hybridized carbons (Fsp3) is 0.889.